The Bertz CT molecular complexity index is 670. The number of amides is 1. The lowest BCUT2D eigenvalue weighted by molar-refractivity contribution is -0.159. The van der Waals surface area contributed by atoms with E-state index < -0.39 is 36.9 Å². The highest BCUT2D eigenvalue weighted by atomic mass is 19.4. The molecule has 5 nitrogen and oxygen atoms in total. The molecule has 1 unspecified atom stereocenters. The van der Waals surface area contributed by atoms with Crippen molar-refractivity contribution in [3.05, 3.63) is 35.9 Å². The molecule has 1 aromatic carbocycles. The van der Waals surface area contributed by atoms with E-state index in [9.17, 15) is 28.2 Å². The molecule has 3 rings (SSSR count). The topological polar surface area (TPSA) is 72.8 Å². The molecular weight excluding hydrogens is 373 g/mol. The zero-order chi connectivity index (χ0) is 20.4. The van der Waals surface area contributed by atoms with Crippen LogP contribution in [0, 0.1) is 5.92 Å². The Morgan fingerprint density at radius 3 is 2.57 bits per heavy atom. The van der Waals surface area contributed by atoms with Gasteiger partial charge in [-0.05, 0) is 24.8 Å². The van der Waals surface area contributed by atoms with Gasteiger partial charge in [-0.3, -0.25) is 10.1 Å². The molecule has 1 amide bonds. The van der Waals surface area contributed by atoms with Crippen LogP contribution in [-0.2, 0) is 10.4 Å². The van der Waals surface area contributed by atoms with E-state index in [1.165, 1.54) is 0 Å². The second-order valence-electron chi connectivity index (χ2n) is 7.76. The molecule has 1 heterocycles. The summed E-state index contributed by atoms with van der Waals surface area (Å²) in [4.78, 5) is 14.5. The fourth-order valence-electron chi connectivity index (χ4n) is 4.71. The first-order valence-corrected chi connectivity index (χ1v) is 9.75. The van der Waals surface area contributed by atoms with E-state index in [2.05, 4.69) is 5.32 Å². The average Bonchev–Trinajstić information content (AvgIpc) is 2.68. The van der Waals surface area contributed by atoms with E-state index in [4.69, 9.17) is 0 Å². The lowest BCUT2D eigenvalue weighted by Crippen LogP contribution is -2.62. The zero-order valence-corrected chi connectivity index (χ0v) is 15.7. The summed E-state index contributed by atoms with van der Waals surface area (Å²) in [6.07, 6.45) is -0.857. The van der Waals surface area contributed by atoms with Gasteiger partial charge in [-0.2, -0.15) is 13.2 Å². The van der Waals surface area contributed by atoms with Crippen molar-refractivity contribution in [2.45, 2.75) is 56.0 Å². The van der Waals surface area contributed by atoms with Crippen LogP contribution in [0.25, 0.3) is 0 Å². The molecule has 4 atom stereocenters. The first-order chi connectivity index (χ1) is 13.3. The summed E-state index contributed by atoms with van der Waals surface area (Å²) in [7, 11) is 0. The van der Waals surface area contributed by atoms with Crippen molar-refractivity contribution in [2.24, 2.45) is 5.92 Å². The van der Waals surface area contributed by atoms with Gasteiger partial charge < -0.3 is 15.1 Å². The van der Waals surface area contributed by atoms with E-state index in [1.807, 2.05) is 30.3 Å². The molecule has 1 aliphatic carbocycles. The SMILES string of the molecule is O=C([C@H](CO)NCC(F)(F)F)N1CCC(O)(c2ccccc2)[C@H]2CCCC[C@H]21. The van der Waals surface area contributed by atoms with Gasteiger partial charge in [0.05, 0.1) is 18.8 Å². The highest BCUT2D eigenvalue weighted by Gasteiger charge is 2.51. The lowest BCUT2D eigenvalue weighted by atomic mass is 9.66. The van der Waals surface area contributed by atoms with Crippen LogP contribution >= 0.6 is 0 Å². The highest BCUT2D eigenvalue weighted by Crippen LogP contribution is 2.47. The number of aliphatic hydroxyl groups is 2. The molecule has 2 aliphatic rings. The van der Waals surface area contributed by atoms with Gasteiger partial charge in [-0.1, -0.05) is 43.2 Å². The van der Waals surface area contributed by atoms with Gasteiger partial charge in [0.2, 0.25) is 5.91 Å². The van der Waals surface area contributed by atoms with Gasteiger partial charge in [-0.15, -0.1) is 0 Å². The van der Waals surface area contributed by atoms with Gasteiger partial charge in [0, 0.05) is 18.5 Å². The molecule has 2 fully saturated rings. The molecule has 0 bridgehead atoms. The van der Waals surface area contributed by atoms with E-state index in [0.29, 0.717) is 12.8 Å². The zero-order valence-electron chi connectivity index (χ0n) is 15.7. The standard InChI is InChI=1S/C20H27F3N2O3/c21-20(22,23)13-24-16(12-26)18(27)25-11-10-19(28,14-6-2-1-3-7-14)15-8-4-5-9-17(15)25/h1-3,6-7,15-17,24,26,28H,4-5,8-13H2/t15-,16-,17+,19?/m0/s1. The Balaban J connectivity index is 1.80. The number of carbonyl (C=O) groups is 1. The van der Waals surface area contributed by atoms with Crippen LogP contribution < -0.4 is 5.32 Å². The molecule has 0 spiro atoms. The van der Waals surface area contributed by atoms with Crippen molar-refractivity contribution in [3.63, 3.8) is 0 Å². The highest BCUT2D eigenvalue weighted by molar-refractivity contribution is 5.82. The van der Waals surface area contributed by atoms with E-state index in [0.717, 1.165) is 24.8 Å². The minimum Gasteiger partial charge on any atom is -0.394 e. The van der Waals surface area contributed by atoms with Crippen molar-refractivity contribution in [1.29, 1.82) is 0 Å². The Kier molecular flexibility index (Phi) is 6.31. The maximum atomic E-state index is 12.9. The van der Waals surface area contributed by atoms with Crippen LogP contribution in [0.5, 0.6) is 0 Å². The van der Waals surface area contributed by atoms with Gasteiger partial charge >= 0.3 is 6.18 Å². The molecule has 1 aliphatic heterocycles. The fraction of sp³-hybridized carbons (Fsp3) is 0.650. The summed E-state index contributed by atoms with van der Waals surface area (Å²) in [5, 5.41) is 23.1. The van der Waals surface area contributed by atoms with E-state index >= 15 is 0 Å². The number of nitrogens with one attached hydrogen (secondary N) is 1. The summed E-state index contributed by atoms with van der Waals surface area (Å²) in [5.41, 5.74) is -0.245. The Hall–Kier alpha value is -1.64. The lowest BCUT2D eigenvalue weighted by Gasteiger charge is -2.53. The number of piperidine rings is 1. The summed E-state index contributed by atoms with van der Waals surface area (Å²) in [5.74, 6) is -0.706. The molecular formula is C20H27F3N2O3. The van der Waals surface area contributed by atoms with Crippen LogP contribution in [0.2, 0.25) is 0 Å². The fourth-order valence-corrected chi connectivity index (χ4v) is 4.71. The van der Waals surface area contributed by atoms with Crippen molar-refractivity contribution < 1.29 is 28.2 Å². The minimum absolute atomic E-state index is 0.177. The van der Waals surface area contributed by atoms with Gasteiger partial charge in [0.25, 0.3) is 0 Å². The number of rotatable bonds is 5. The van der Waals surface area contributed by atoms with Crippen LogP contribution in [0.4, 0.5) is 13.2 Å². The first kappa shape index (κ1) is 21.1. The molecule has 0 aromatic heterocycles. The van der Waals surface area contributed by atoms with Crippen LogP contribution in [-0.4, -0.2) is 59.0 Å². The minimum atomic E-state index is -4.46. The maximum Gasteiger partial charge on any atom is 0.401 e. The molecule has 8 heteroatoms. The van der Waals surface area contributed by atoms with Gasteiger partial charge in [0.15, 0.2) is 0 Å². The number of benzene rings is 1. The molecule has 3 N–H and O–H groups in total. The van der Waals surface area contributed by atoms with Crippen molar-refractivity contribution >= 4 is 5.91 Å². The number of nitrogens with zero attached hydrogens (tertiary/aromatic N) is 1. The van der Waals surface area contributed by atoms with Crippen molar-refractivity contribution in [1.82, 2.24) is 10.2 Å². The monoisotopic (exact) mass is 400 g/mol. The second kappa shape index (κ2) is 8.39. The van der Waals surface area contributed by atoms with Crippen LogP contribution in [0.3, 0.4) is 0 Å². The number of alkyl halides is 3. The van der Waals surface area contributed by atoms with Crippen molar-refractivity contribution in [2.75, 3.05) is 19.7 Å². The third-order valence-corrected chi connectivity index (χ3v) is 6.06. The number of halogens is 3. The number of hydrogen-bond donors (Lipinski definition) is 3. The average molecular weight is 400 g/mol. The molecule has 1 saturated carbocycles. The first-order valence-electron chi connectivity index (χ1n) is 9.75. The number of hydrogen-bond acceptors (Lipinski definition) is 4. The number of likely N-dealkylation sites (tertiary alicyclic amines) is 1. The second-order valence-corrected chi connectivity index (χ2v) is 7.76. The third kappa shape index (κ3) is 4.34. The van der Waals surface area contributed by atoms with Crippen LogP contribution in [0.1, 0.15) is 37.7 Å². The van der Waals surface area contributed by atoms with E-state index in [-0.39, 0.29) is 18.5 Å². The Morgan fingerprint density at radius 1 is 1.25 bits per heavy atom. The Labute approximate surface area is 162 Å². The largest absolute Gasteiger partial charge is 0.401 e. The Morgan fingerprint density at radius 2 is 1.93 bits per heavy atom. The van der Waals surface area contributed by atoms with Gasteiger partial charge in [0.1, 0.15) is 6.04 Å². The third-order valence-electron chi connectivity index (χ3n) is 6.06. The van der Waals surface area contributed by atoms with Crippen molar-refractivity contribution in [3.8, 4) is 0 Å². The summed E-state index contributed by atoms with van der Waals surface area (Å²) in [6, 6.07) is 7.82. The molecule has 1 saturated heterocycles. The predicted octanol–water partition coefficient (Wildman–Crippen LogP) is 2.18. The predicted molar refractivity (Wildman–Crippen MR) is 97.3 cm³/mol. The number of fused-ring (bicyclic) bond motifs is 1. The quantitative estimate of drug-likeness (QED) is 0.709. The summed E-state index contributed by atoms with van der Waals surface area (Å²) >= 11 is 0. The smallest absolute Gasteiger partial charge is 0.394 e. The van der Waals surface area contributed by atoms with E-state index in [1.54, 1.807) is 4.90 Å². The summed E-state index contributed by atoms with van der Waals surface area (Å²) < 4.78 is 37.5. The van der Waals surface area contributed by atoms with Crippen LogP contribution in [0.15, 0.2) is 30.3 Å². The molecule has 0 radical (unpaired) electrons. The van der Waals surface area contributed by atoms with Gasteiger partial charge in [-0.25, -0.2) is 0 Å². The number of aliphatic hydroxyl groups excluding tert-OH is 1. The molecule has 156 valence electrons. The normalized spacial score (nSPS) is 29.2. The molecule has 28 heavy (non-hydrogen) atoms. The summed E-state index contributed by atoms with van der Waals surface area (Å²) in [6.45, 7) is -1.79. The molecule has 1 aromatic rings. The number of carbonyl (C=O) groups excluding carboxylic acids is 1. The maximum absolute atomic E-state index is 12.9.